The second kappa shape index (κ2) is 8.50. The molecule has 0 amide bonds. The van der Waals surface area contributed by atoms with E-state index in [0.29, 0.717) is 18.2 Å². The molecule has 124 valence electrons. The second-order valence-electron chi connectivity index (χ2n) is 7.48. The highest BCUT2D eigenvalue weighted by Gasteiger charge is 2.34. The third-order valence-corrected chi connectivity index (χ3v) is 5.60. The first-order valence-electron chi connectivity index (χ1n) is 9.17. The van der Waals surface area contributed by atoms with Crippen molar-refractivity contribution in [2.45, 2.75) is 77.5 Å². The lowest BCUT2D eigenvalue weighted by Crippen LogP contribution is -2.54. The van der Waals surface area contributed by atoms with E-state index in [0.717, 1.165) is 31.5 Å². The van der Waals surface area contributed by atoms with E-state index in [2.05, 4.69) is 38.0 Å². The average molecular weight is 296 g/mol. The van der Waals surface area contributed by atoms with E-state index < -0.39 is 0 Å². The molecule has 0 radical (unpaired) electrons. The first kappa shape index (κ1) is 17.2. The van der Waals surface area contributed by atoms with Crippen molar-refractivity contribution in [2.75, 3.05) is 26.7 Å². The molecule has 1 N–H and O–H groups in total. The highest BCUT2D eigenvalue weighted by atomic mass is 16.5. The number of nitrogens with zero attached hydrogens (tertiary/aromatic N) is 1. The summed E-state index contributed by atoms with van der Waals surface area (Å²) in [6, 6.07) is 1.34. The molecule has 0 bridgehead atoms. The van der Waals surface area contributed by atoms with Gasteiger partial charge in [0.25, 0.3) is 0 Å². The Kier molecular flexibility index (Phi) is 6.97. The average Bonchev–Trinajstić information content (AvgIpc) is 2.48. The van der Waals surface area contributed by atoms with E-state index in [1.165, 1.54) is 38.5 Å². The fourth-order valence-corrected chi connectivity index (χ4v) is 4.18. The molecule has 2 aliphatic rings. The quantitative estimate of drug-likeness (QED) is 0.814. The summed E-state index contributed by atoms with van der Waals surface area (Å²) >= 11 is 0. The van der Waals surface area contributed by atoms with E-state index >= 15 is 0 Å². The minimum atomic E-state index is 0.463. The van der Waals surface area contributed by atoms with Crippen LogP contribution in [0.1, 0.15) is 59.3 Å². The van der Waals surface area contributed by atoms with Gasteiger partial charge >= 0.3 is 0 Å². The molecule has 1 saturated carbocycles. The van der Waals surface area contributed by atoms with Crippen molar-refractivity contribution in [1.82, 2.24) is 10.2 Å². The molecule has 4 atom stereocenters. The topological polar surface area (TPSA) is 24.5 Å². The van der Waals surface area contributed by atoms with Gasteiger partial charge in [-0.2, -0.15) is 0 Å². The highest BCUT2D eigenvalue weighted by Crippen LogP contribution is 2.32. The summed E-state index contributed by atoms with van der Waals surface area (Å²) in [5.41, 5.74) is 0. The second-order valence-corrected chi connectivity index (χ2v) is 7.48. The number of rotatable bonds is 6. The van der Waals surface area contributed by atoms with Crippen LogP contribution in [0, 0.1) is 11.8 Å². The Labute approximate surface area is 131 Å². The van der Waals surface area contributed by atoms with Gasteiger partial charge in [-0.25, -0.2) is 0 Å². The Balaban J connectivity index is 1.93. The Morgan fingerprint density at radius 1 is 1.19 bits per heavy atom. The fourth-order valence-electron chi connectivity index (χ4n) is 4.18. The molecule has 0 aromatic carbocycles. The summed E-state index contributed by atoms with van der Waals surface area (Å²) in [4.78, 5) is 2.60. The maximum absolute atomic E-state index is 5.95. The molecule has 1 saturated heterocycles. The summed E-state index contributed by atoms with van der Waals surface area (Å²) in [5, 5.41) is 3.73. The van der Waals surface area contributed by atoms with E-state index in [4.69, 9.17) is 4.74 Å². The van der Waals surface area contributed by atoms with Crippen LogP contribution in [-0.4, -0.2) is 49.8 Å². The number of hydrogen-bond donors (Lipinski definition) is 1. The van der Waals surface area contributed by atoms with Gasteiger partial charge < -0.3 is 10.1 Å². The molecule has 21 heavy (non-hydrogen) atoms. The van der Waals surface area contributed by atoms with Gasteiger partial charge in [0, 0.05) is 25.2 Å². The van der Waals surface area contributed by atoms with Gasteiger partial charge in [0.15, 0.2) is 0 Å². The Morgan fingerprint density at radius 2 is 2.00 bits per heavy atom. The molecule has 0 aromatic heterocycles. The normalized spacial score (nSPS) is 34.6. The number of hydrogen-bond acceptors (Lipinski definition) is 3. The minimum absolute atomic E-state index is 0.463. The standard InChI is InChI=1S/C18H36N2O/c1-5-19-17-10-9-15(14(2)3)12-18(17)20(4)13-16-8-6-7-11-21-16/h14-19H,5-13H2,1-4H3. The van der Waals surface area contributed by atoms with E-state index in [-0.39, 0.29) is 0 Å². The number of ether oxygens (including phenoxy) is 1. The summed E-state index contributed by atoms with van der Waals surface area (Å²) in [6.07, 6.45) is 8.37. The minimum Gasteiger partial charge on any atom is -0.377 e. The SMILES string of the molecule is CCNC1CCC(C(C)C)CC1N(C)CC1CCCCO1. The summed E-state index contributed by atoms with van der Waals surface area (Å²) in [7, 11) is 2.32. The van der Waals surface area contributed by atoms with Crippen molar-refractivity contribution in [2.24, 2.45) is 11.8 Å². The summed E-state index contributed by atoms with van der Waals surface area (Å²) in [6.45, 7) is 10.2. The zero-order valence-corrected chi connectivity index (χ0v) is 14.6. The monoisotopic (exact) mass is 296 g/mol. The van der Waals surface area contributed by atoms with Gasteiger partial charge in [-0.15, -0.1) is 0 Å². The van der Waals surface area contributed by atoms with Crippen molar-refractivity contribution in [3.63, 3.8) is 0 Å². The zero-order chi connectivity index (χ0) is 15.2. The van der Waals surface area contributed by atoms with Crippen molar-refractivity contribution in [1.29, 1.82) is 0 Å². The summed E-state index contributed by atoms with van der Waals surface area (Å²) < 4.78 is 5.95. The molecule has 4 unspecified atom stereocenters. The maximum Gasteiger partial charge on any atom is 0.0702 e. The van der Waals surface area contributed by atoms with Gasteiger partial charge in [-0.3, -0.25) is 4.90 Å². The predicted octanol–water partition coefficient (Wildman–Crippen LogP) is 3.29. The molecular formula is C18H36N2O. The van der Waals surface area contributed by atoms with Gasteiger partial charge in [-0.05, 0) is 64.0 Å². The third kappa shape index (κ3) is 4.94. The maximum atomic E-state index is 5.95. The molecule has 3 heteroatoms. The van der Waals surface area contributed by atoms with Gasteiger partial charge in [-0.1, -0.05) is 20.8 Å². The molecule has 1 aliphatic carbocycles. The lowest BCUT2D eigenvalue weighted by Gasteiger charge is -2.44. The van der Waals surface area contributed by atoms with Crippen LogP contribution < -0.4 is 5.32 Å². The van der Waals surface area contributed by atoms with Crippen LogP contribution in [0.2, 0.25) is 0 Å². The van der Waals surface area contributed by atoms with Gasteiger partial charge in [0.05, 0.1) is 6.10 Å². The first-order chi connectivity index (χ1) is 10.1. The molecule has 0 aromatic rings. The van der Waals surface area contributed by atoms with E-state index in [9.17, 15) is 0 Å². The Hall–Kier alpha value is -0.120. The van der Waals surface area contributed by atoms with Gasteiger partial charge in [0.2, 0.25) is 0 Å². The lowest BCUT2D eigenvalue weighted by atomic mass is 9.76. The van der Waals surface area contributed by atoms with Crippen LogP contribution in [0.3, 0.4) is 0 Å². The van der Waals surface area contributed by atoms with Crippen LogP contribution in [0.15, 0.2) is 0 Å². The van der Waals surface area contributed by atoms with Crippen LogP contribution >= 0.6 is 0 Å². The van der Waals surface area contributed by atoms with Crippen molar-refractivity contribution < 1.29 is 4.74 Å². The molecule has 3 nitrogen and oxygen atoms in total. The van der Waals surface area contributed by atoms with Crippen molar-refractivity contribution in [3.05, 3.63) is 0 Å². The first-order valence-corrected chi connectivity index (χ1v) is 9.17. The number of likely N-dealkylation sites (N-methyl/N-ethyl adjacent to an activating group) is 2. The Morgan fingerprint density at radius 3 is 2.62 bits per heavy atom. The molecule has 1 heterocycles. The van der Waals surface area contributed by atoms with Crippen molar-refractivity contribution in [3.8, 4) is 0 Å². The molecule has 0 spiro atoms. The molecular weight excluding hydrogens is 260 g/mol. The largest absolute Gasteiger partial charge is 0.377 e. The van der Waals surface area contributed by atoms with E-state index in [1.54, 1.807) is 0 Å². The number of nitrogens with one attached hydrogen (secondary N) is 1. The molecule has 1 aliphatic heterocycles. The third-order valence-electron chi connectivity index (χ3n) is 5.60. The lowest BCUT2D eigenvalue weighted by molar-refractivity contribution is -0.0179. The molecule has 2 fully saturated rings. The smallest absolute Gasteiger partial charge is 0.0702 e. The highest BCUT2D eigenvalue weighted by molar-refractivity contribution is 4.91. The van der Waals surface area contributed by atoms with Crippen LogP contribution in [0.25, 0.3) is 0 Å². The van der Waals surface area contributed by atoms with Crippen molar-refractivity contribution >= 4 is 0 Å². The molecule has 2 rings (SSSR count). The van der Waals surface area contributed by atoms with Crippen LogP contribution in [0.4, 0.5) is 0 Å². The van der Waals surface area contributed by atoms with Gasteiger partial charge in [0.1, 0.15) is 0 Å². The van der Waals surface area contributed by atoms with Crippen LogP contribution in [-0.2, 0) is 4.74 Å². The summed E-state index contributed by atoms with van der Waals surface area (Å²) in [5.74, 6) is 1.70. The predicted molar refractivity (Wildman–Crippen MR) is 89.7 cm³/mol. The van der Waals surface area contributed by atoms with Crippen LogP contribution in [0.5, 0.6) is 0 Å². The van der Waals surface area contributed by atoms with E-state index in [1.807, 2.05) is 0 Å². The Bertz CT molecular complexity index is 289. The fraction of sp³-hybridized carbons (Fsp3) is 1.00. The zero-order valence-electron chi connectivity index (χ0n) is 14.6.